The van der Waals surface area contributed by atoms with Crippen LogP contribution in [0.1, 0.15) is 11.1 Å². The van der Waals surface area contributed by atoms with Gasteiger partial charge in [-0.05, 0) is 0 Å². The Bertz CT molecular complexity index is 1470. The maximum absolute atomic E-state index is 14.5. The molecule has 0 fully saturated rings. The molecule has 8 nitrogen and oxygen atoms in total. The van der Waals surface area contributed by atoms with E-state index in [-0.39, 0.29) is 22.2 Å². The van der Waals surface area contributed by atoms with Gasteiger partial charge >= 0.3 is 217 Å². The van der Waals surface area contributed by atoms with E-state index in [4.69, 9.17) is 15.8 Å². The van der Waals surface area contributed by atoms with Gasteiger partial charge in [-0.15, -0.1) is 0 Å². The van der Waals surface area contributed by atoms with E-state index in [0.717, 1.165) is 4.31 Å². The zero-order valence-corrected chi connectivity index (χ0v) is 22.3. The van der Waals surface area contributed by atoms with Crippen LogP contribution < -0.4 is 4.18 Å². The summed E-state index contributed by atoms with van der Waals surface area (Å²) in [6.45, 7) is 0. The van der Waals surface area contributed by atoms with E-state index < -0.39 is 21.8 Å². The molecule has 1 amide bonds. The third-order valence-corrected chi connectivity index (χ3v) is 7.82. The summed E-state index contributed by atoms with van der Waals surface area (Å²) >= 11 is 8.27. The van der Waals surface area contributed by atoms with Gasteiger partial charge in [-0.25, -0.2) is 0 Å². The van der Waals surface area contributed by atoms with Crippen molar-refractivity contribution in [2.24, 2.45) is 4.99 Å². The van der Waals surface area contributed by atoms with Crippen molar-refractivity contribution in [3.8, 4) is 16.9 Å². The number of carbonyl (C=O) groups is 1. The van der Waals surface area contributed by atoms with Crippen molar-refractivity contribution in [3.05, 3.63) is 82.9 Å². The number of aliphatic imine (C=N–C) groups is 1. The third kappa shape index (κ3) is 4.59. The third-order valence-electron chi connectivity index (χ3n) is 5.48. The second kappa shape index (κ2) is 9.35. The van der Waals surface area contributed by atoms with Crippen LogP contribution in [-0.2, 0) is 20.6 Å². The van der Waals surface area contributed by atoms with Crippen molar-refractivity contribution in [1.82, 2.24) is 14.2 Å². The number of hydrogen-bond acceptors (Lipinski definition) is 6. The normalized spacial score (nSPS) is 18.2. The summed E-state index contributed by atoms with van der Waals surface area (Å²) in [5.74, 6) is -1.07. The molecule has 0 bridgehead atoms. The van der Waals surface area contributed by atoms with Gasteiger partial charge in [0, 0.05) is 0 Å². The van der Waals surface area contributed by atoms with Crippen molar-refractivity contribution < 1.29 is 21.8 Å². The molecule has 0 saturated carbocycles. The maximum atomic E-state index is 14.5. The summed E-state index contributed by atoms with van der Waals surface area (Å²) in [7, 11) is 0.250. The van der Waals surface area contributed by atoms with Gasteiger partial charge in [0.15, 0.2) is 0 Å². The number of likely N-dealkylation sites (N-methyl/N-ethyl adjacent to an activating group) is 1. The number of rotatable bonds is 6. The number of benzene rings is 2. The number of carbonyl (C=O) groups excluding carboxylic acids is 1. The van der Waals surface area contributed by atoms with E-state index in [2.05, 4.69) is 26.8 Å². The fourth-order valence-corrected chi connectivity index (χ4v) is 4.81. The molecule has 35 heavy (non-hydrogen) atoms. The number of amidine groups is 1. The quantitative estimate of drug-likeness (QED) is 0.332. The summed E-state index contributed by atoms with van der Waals surface area (Å²) in [6.07, 6.45) is 1.21. The van der Waals surface area contributed by atoms with Crippen LogP contribution in [0.4, 0.5) is 4.39 Å². The van der Waals surface area contributed by atoms with Crippen LogP contribution in [0.25, 0.3) is 11.1 Å². The zero-order chi connectivity index (χ0) is 25.5. The van der Waals surface area contributed by atoms with Crippen molar-refractivity contribution in [3.63, 3.8) is 0 Å². The molecule has 0 saturated heterocycles. The van der Waals surface area contributed by atoms with E-state index >= 15 is 0 Å². The molecule has 2 aromatic carbocycles. The number of halogens is 2. The number of aromatic nitrogens is 1. The predicted octanol–water partition coefficient (Wildman–Crippen LogP) is 2.97. The summed E-state index contributed by atoms with van der Waals surface area (Å²) < 4.78 is 45.6. The molecule has 3 aromatic rings. The van der Waals surface area contributed by atoms with E-state index in [1.165, 1.54) is 43.4 Å². The molecule has 2 radical (unpaired) electrons. The van der Waals surface area contributed by atoms with Crippen LogP contribution in [0.5, 0.6) is 5.75 Å². The second-order valence-electron chi connectivity index (χ2n) is 7.91. The zero-order valence-electron chi connectivity index (χ0n) is 18.8. The topological polar surface area (TPSA) is 92.2 Å². The monoisotopic (exact) mass is 576 g/mol. The van der Waals surface area contributed by atoms with Crippen LogP contribution >= 0.6 is 11.6 Å². The van der Waals surface area contributed by atoms with Gasteiger partial charge in [-0.3, -0.25) is 0 Å². The summed E-state index contributed by atoms with van der Waals surface area (Å²) in [6, 6.07) is 14.3. The Labute approximate surface area is 216 Å². The molecule has 4 rings (SSSR count). The van der Waals surface area contributed by atoms with Gasteiger partial charge in [0.05, 0.1) is 0 Å². The molecule has 0 aliphatic carbocycles. The average molecular weight is 577 g/mol. The molecule has 2 heterocycles. The van der Waals surface area contributed by atoms with Gasteiger partial charge in [0.1, 0.15) is 0 Å². The second-order valence-corrected chi connectivity index (χ2v) is 10.9. The van der Waals surface area contributed by atoms with Gasteiger partial charge in [0.25, 0.3) is 0 Å². The van der Waals surface area contributed by atoms with Gasteiger partial charge in [-0.2, -0.15) is 0 Å². The van der Waals surface area contributed by atoms with E-state index in [1.807, 2.05) is 0 Å². The fraction of sp³-hybridized carbons (Fsp3) is 0.174. The molecular formula is C23H19AsClFN4O4S. The Morgan fingerprint density at radius 1 is 1.11 bits per heavy atom. The van der Waals surface area contributed by atoms with Crippen molar-refractivity contribution in [2.75, 3.05) is 21.1 Å². The first-order valence-electron chi connectivity index (χ1n) is 10.2. The molecule has 1 aliphatic heterocycles. The van der Waals surface area contributed by atoms with Crippen LogP contribution in [-0.4, -0.2) is 71.1 Å². The minimum absolute atomic E-state index is 0.0153. The first-order chi connectivity index (χ1) is 16.5. The number of hydrogen-bond donors (Lipinski definition) is 0. The summed E-state index contributed by atoms with van der Waals surface area (Å²) in [5.41, 5.74) is -0.124. The van der Waals surface area contributed by atoms with E-state index in [9.17, 15) is 17.6 Å². The van der Waals surface area contributed by atoms with Gasteiger partial charge in [-0.1, -0.05) is 0 Å². The van der Waals surface area contributed by atoms with Crippen LogP contribution in [0.2, 0.25) is 5.02 Å². The number of pyridine rings is 1. The summed E-state index contributed by atoms with van der Waals surface area (Å²) in [4.78, 5) is 23.4. The molecule has 0 N–H and O–H groups in total. The first kappa shape index (κ1) is 25.3. The number of amides is 1. The summed E-state index contributed by atoms with van der Waals surface area (Å²) in [5, 5.41) is 0.260. The number of nitrogens with zero attached hydrogens (tertiary/aromatic N) is 4. The SMILES string of the molecule is CN1C(=O)C(c2cccc(OS(=O)(=O)N(C)C)c2)(c2cccc(-c3cc(Cl)cnc3F)c2)N=C1[As]. The Morgan fingerprint density at radius 3 is 2.40 bits per heavy atom. The standard InChI is InChI=1S/C23H19AsClFN4O4S/c1-29(2)35(32,33)34-18-9-5-8-16(11-18)23(21(31)30(3)22(24)28-23)15-7-4-6-14(10-15)19-12-17(25)13-27-20(19)26/h4-13H,1-3H3. The molecule has 1 atom stereocenters. The Morgan fingerprint density at radius 2 is 1.77 bits per heavy atom. The van der Waals surface area contributed by atoms with Crippen LogP contribution in [0, 0.1) is 5.95 Å². The van der Waals surface area contributed by atoms with Crippen molar-refractivity contribution in [2.45, 2.75) is 5.54 Å². The molecular weight excluding hydrogens is 558 g/mol. The Balaban J connectivity index is 1.91. The Kier molecular flexibility index (Phi) is 6.76. The first-order valence-corrected chi connectivity index (χ1v) is 12.9. The predicted molar refractivity (Wildman–Crippen MR) is 131 cm³/mol. The molecule has 12 heteroatoms. The molecule has 1 aliphatic rings. The average Bonchev–Trinajstić information content (AvgIpc) is 3.05. The van der Waals surface area contributed by atoms with Gasteiger partial charge < -0.3 is 0 Å². The van der Waals surface area contributed by atoms with E-state index in [0.29, 0.717) is 21.3 Å². The van der Waals surface area contributed by atoms with Crippen molar-refractivity contribution in [1.29, 1.82) is 0 Å². The molecule has 1 aromatic heterocycles. The fourth-order valence-electron chi connectivity index (χ4n) is 3.65. The molecule has 1 unspecified atom stereocenters. The van der Waals surface area contributed by atoms with E-state index in [1.54, 1.807) is 43.4 Å². The minimum atomic E-state index is -4.02. The molecule has 0 spiro atoms. The van der Waals surface area contributed by atoms with Crippen LogP contribution in [0.15, 0.2) is 65.8 Å². The van der Waals surface area contributed by atoms with Crippen molar-refractivity contribution >= 4 is 49.3 Å². The molecule has 180 valence electrons. The Hall–Kier alpha value is -2.78. The van der Waals surface area contributed by atoms with Gasteiger partial charge in [0.2, 0.25) is 0 Å². The van der Waals surface area contributed by atoms with Crippen LogP contribution in [0.3, 0.4) is 0 Å².